The topological polar surface area (TPSA) is 48.5 Å². The lowest BCUT2D eigenvalue weighted by Gasteiger charge is -2.21. The molecule has 3 heterocycles. The van der Waals surface area contributed by atoms with E-state index in [9.17, 15) is 4.79 Å². The van der Waals surface area contributed by atoms with Crippen LogP contribution in [-0.2, 0) is 6.54 Å². The van der Waals surface area contributed by atoms with E-state index < -0.39 is 0 Å². The van der Waals surface area contributed by atoms with Gasteiger partial charge < -0.3 is 15.1 Å². The number of rotatable bonds is 5. The van der Waals surface area contributed by atoms with Crippen LogP contribution in [0.3, 0.4) is 0 Å². The molecule has 0 bridgehead atoms. The summed E-state index contributed by atoms with van der Waals surface area (Å²) in [5, 5.41) is 6.87. The van der Waals surface area contributed by atoms with Gasteiger partial charge in [-0.3, -0.25) is 4.98 Å². The standard InChI is InChI=1S/C17H22N4OS/c1-20(10-14-3-2-6-18-9-14)11-15-4-7-21(12-15)17(22)19-16-5-8-23-13-16/h2-3,5-6,8-9,13,15H,4,7,10-12H2,1H3,(H,19,22)/t15-/m0/s1. The number of amides is 2. The number of carbonyl (C=O) groups excluding carboxylic acids is 1. The fourth-order valence-corrected chi connectivity index (χ4v) is 3.60. The van der Waals surface area contributed by atoms with Gasteiger partial charge in [-0.2, -0.15) is 11.3 Å². The van der Waals surface area contributed by atoms with E-state index in [2.05, 4.69) is 28.3 Å². The molecule has 2 aromatic heterocycles. The first-order valence-electron chi connectivity index (χ1n) is 7.86. The largest absolute Gasteiger partial charge is 0.324 e. The van der Waals surface area contributed by atoms with Gasteiger partial charge in [0.15, 0.2) is 0 Å². The predicted molar refractivity (Wildman–Crippen MR) is 93.6 cm³/mol. The van der Waals surface area contributed by atoms with Gasteiger partial charge in [0.2, 0.25) is 0 Å². The Morgan fingerprint density at radius 3 is 3.17 bits per heavy atom. The monoisotopic (exact) mass is 330 g/mol. The molecule has 0 unspecified atom stereocenters. The van der Waals surface area contributed by atoms with Gasteiger partial charge in [-0.05, 0) is 42.5 Å². The normalized spacial score (nSPS) is 17.7. The number of thiophene rings is 1. The highest BCUT2D eigenvalue weighted by Crippen LogP contribution is 2.20. The van der Waals surface area contributed by atoms with Crippen molar-refractivity contribution in [2.45, 2.75) is 13.0 Å². The molecular weight excluding hydrogens is 308 g/mol. The van der Waals surface area contributed by atoms with Crippen LogP contribution < -0.4 is 5.32 Å². The molecule has 23 heavy (non-hydrogen) atoms. The van der Waals surface area contributed by atoms with E-state index >= 15 is 0 Å². The molecule has 0 spiro atoms. The molecule has 0 radical (unpaired) electrons. The van der Waals surface area contributed by atoms with Crippen LogP contribution in [0.25, 0.3) is 0 Å². The average Bonchev–Trinajstić information content (AvgIpc) is 3.20. The fourth-order valence-electron chi connectivity index (χ4n) is 3.01. The average molecular weight is 330 g/mol. The van der Waals surface area contributed by atoms with Crippen molar-refractivity contribution in [3.8, 4) is 0 Å². The molecule has 0 aromatic carbocycles. The number of nitrogens with zero attached hydrogens (tertiary/aromatic N) is 3. The molecule has 2 amide bonds. The first kappa shape index (κ1) is 16.0. The van der Waals surface area contributed by atoms with E-state index in [1.54, 1.807) is 17.5 Å². The van der Waals surface area contributed by atoms with Crippen molar-refractivity contribution in [1.82, 2.24) is 14.8 Å². The number of carbonyl (C=O) groups is 1. The van der Waals surface area contributed by atoms with Gasteiger partial charge in [0.05, 0.1) is 5.69 Å². The van der Waals surface area contributed by atoms with Gasteiger partial charge in [-0.25, -0.2) is 4.79 Å². The number of urea groups is 1. The van der Waals surface area contributed by atoms with Gasteiger partial charge >= 0.3 is 6.03 Å². The maximum Gasteiger partial charge on any atom is 0.321 e. The summed E-state index contributed by atoms with van der Waals surface area (Å²) in [5.74, 6) is 0.532. The molecule has 1 aliphatic rings. The lowest BCUT2D eigenvalue weighted by atomic mass is 10.1. The summed E-state index contributed by atoms with van der Waals surface area (Å²) in [6.45, 7) is 3.55. The van der Waals surface area contributed by atoms with E-state index in [4.69, 9.17) is 0 Å². The molecule has 1 N–H and O–H groups in total. The Balaban J connectivity index is 1.45. The van der Waals surface area contributed by atoms with Gasteiger partial charge in [0.25, 0.3) is 0 Å². The summed E-state index contributed by atoms with van der Waals surface area (Å²) in [4.78, 5) is 20.6. The van der Waals surface area contributed by atoms with Crippen LogP contribution in [0.15, 0.2) is 41.4 Å². The minimum Gasteiger partial charge on any atom is -0.324 e. The molecule has 6 heteroatoms. The minimum absolute atomic E-state index is 0.0146. The third kappa shape index (κ3) is 4.53. The number of aromatic nitrogens is 1. The predicted octanol–water partition coefficient (Wildman–Crippen LogP) is 3.13. The molecule has 122 valence electrons. The Bertz CT molecular complexity index is 617. The SMILES string of the molecule is CN(Cc1cccnc1)C[C@@H]1CCN(C(=O)Nc2ccsc2)C1. The summed E-state index contributed by atoms with van der Waals surface area (Å²) in [6.07, 6.45) is 4.77. The zero-order chi connectivity index (χ0) is 16.1. The van der Waals surface area contributed by atoms with E-state index in [1.165, 1.54) is 5.56 Å². The van der Waals surface area contributed by atoms with E-state index in [0.717, 1.165) is 38.3 Å². The van der Waals surface area contributed by atoms with Crippen molar-refractivity contribution in [1.29, 1.82) is 0 Å². The second kappa shape index (κ2) is 7.57. The maximum absolute atomic E-state index is 12.2. The van der Waals surface area contributed by atoms with Crippen molar-refractivity contribution in [2.24, 2.45) is 5.92 Å². The lowest BCUT2D eigenvalue weighted by molar-refractivity contribution is 0.216. The third-order valence-corrected chi connectivity index (χ3v) is 4.77. The molecule has 1 saturated heterocycles. The van der Waals surface area contributed by atoms with Gasteiger partial charge in [0.1, 0.15) is 0 Å². The number of anilines is 1. The Kier molecular flexibility index (Phi) is 5.25. The summed E-state index contributed by atoms with van der Waals surface area (Å²) in [6, 6.07) is 6.01. The van der Waals surface area contributed by atoms with E-state index in [-0.39, 0.29) is 6.03 Å². The smallest absolute Gasteiger partial charge is 0.321 e. The zero-order valence-electron chi connectivity index (χ0n) is 13.3. The van der Waals surface area contributed by atoms with Crippen molar-refractivity contribution in [3.05, 3.63) is 46.9 Å². The molecule has 0 aliphatic carbocycles. The summed E-state index contributed by atoms with van der Waals surface area (Å²) < 4.78 is 0. The Labute approximate surface area is 140 Å². The zero-order valence-corrected chi connectivity index (χ0v) is 14.1. The van der Waals surface area contributed by atoms with Crippen LogP contribution in [0.5, 0.6) is 0 Å². The van der Waals surface area contributed by atoms with Gasteiger partial charge in [-0.1, -0.05) is 6.07 Å². The second-order valence-electron chi connectivity index (χ2n) is 6.10. The second-order valence-corrected chi connectivity index (χ2v) is 6.88. The number of likely N-dealkylation sites (tertiary alicyclic amines) is 1. The first-order valence-corrected chi connectivity index (χ1v) is 8.80. The van der Waals surface area contributed by atoms with Crippen LogP contribution in [-0.4, -0.2) is 47.5 Å². The van der Waals surface area contributed by atoms with Crippen molar-refractivity contribution in [3.63, 3.8) is 0 Å². The minimum atomic E-state index is 0.0146. The van der Waals surface area contributed by atoms with Crippen LogP contribution in [0, 0.1) is 5.92 Å². The van der Waals surface area contributed by atoms with Crippen LogP contribution >= 0.6 is 11.3 Å². The van der Waals surface area contributed by atoms with Crippen LogP contribution in [0.2, 0.25) is 0 Å². The highest BCUT2D eigenvalue weighted by molar-refractivity contribution is 7.08. The van der Waals surface area contributed by atoms with Crippen molar-refractivity contribution < 1.29 is 4.79 Å². The number of hydrogen-bond acceptors (Lipinski definition) is 4. The molecule has 1 aliphatic heterocycles. The number of nitrogens with one attached hydrogen (secondary N) is 1. The Morgan fingerprint density at radius 1 is 1.52 bits per heavy atom. The molecule has 0 saturated carbocycles. The molecule has 1 fully saturated rings. The highest BCUT2D eigenvalue weighted by Gasteiger charge is 2.27. The lowest BCUT2D eigenvalue weighted by Crippen LogP contribution is -2.34. The molecule has 3 rings (SSSR count). The number of pyridine rings is 1. The molecular formula is C17H22N4OS. The molecule has 1 atom stereocenters. The summed E-state index contributed by atoms with van der Waals surface area (Å²) in [5.41, 5.74) is 2.11. The molecule has 5 nitrogen and oxygen atoms in total. The van der Waals surface area contributed by atoms with Crippen molar-refractivity contribution >= 4 is 23.1 Å². The van der Waals surface area contributed by atoms with Gasteiger partial charge in [0, 0.05) is 44.0 Å². The van der Waals surface area contributed by atoms with Crippen LogP contribution in [0.1, 0.15) is 12.0 Å². The Hall–Kier alpha value is -1.92. The summed E-state index contributed by atoms with van der Waals surface area (Å²) in [7, 11) is 2.13. The first-order chi connectivity index (χ1) is 11.2. The van der Waals surface area contributed by atoms with Crippen LogP contribution in [0.4, 0.5) is 10.5 Å². The summed E-state index contributed by atoms with van der Waals surface area (Å²) >= 11 is 1.59. The maximum atomic E-state index is 12.2. The third-order valence-electron chi connectivity index (χ3n) is 4.09. The quantitative estimate of drug-likeness (QED) is 0.916. The fraction of sp³-hybridized carbons (Fsp3) is 0.412. The Morgan fingerprint density at radius 2 is 2.43 bits per heavy atom. The molecule has 2 aromatic rings. The van der Waals surface area contributed by atoms with Crippen molar-refractivity contribution in [2.75, 3.05) is 32.0 Å². The van der Waals surface area contributed by atoms with E-state index in [0.29, 0.717) is 5.92 Å². The van der Waals surface area contributed by atoms with Gasteiger partial charge in [-0.15, -0.1) is 0 Å². The highest BCUT2D eigenvalue weighted by atomic mass is 32.1. The number of hydrogen-bond donors (Lipinski definition) is 1. The van der Waals surface area contributed by atoms with E-state index in [1.807, 2.05) is 34.0 Å².